The third kappa shape index (κ3) is 3.41. The first kappa shape index (κ1) is 13.4. The van der Waals surface area contributed by atoms with Gasteiger partial charge in [-0.05, 0) is 46.5 Å². The number of ketones is 1. The van der Waals surface area contributed by atoms with E-state index in [4.69, 9.17) is 0 Å². The highest BCUT2D eigenvalue weighted by Gasteiger charge is 2.14. The lowest BCUT2D eigenvalue weighted by atomic mass is 9.93. The number of benzene rings is 1. The molecule has 0 saturated carbocycles. The number of carbonyl (C=O) groups is 1. The Morgan fingerprint density at radius 3 is 2.50 bits per heavy atom. The van der Waals surface area contributed by atoms with Gasteiger partial charge in [-0.25, -0.2) is 4.39 Å². The van der Waals surface area contributed by atoms with E-state index in [9.17, 15) is 9.18 Å². The van der Waals surface area contributed by atoms with Crippen molar-refractivity contribution in [3.63, 3.8) is 0 Å². The molecule has 0 spiro atoms. The lowest BCUT2D eigenvalue weighted by molar-refractivity contribution is -0.122. The zero-order valence-electron chi connectivity index (χ0n) is 9.59. The van der Waals surface area contributed by atoms with Gasteiger partial charge in [0.05, 0.1) is 4.47 Å². The number of rotatable bonds is 5. The van der Waals surface area contributed by atoms with E-state index >= 15 is 0 Å². The second-order valence-corrected chi connectivity index (χ2v) is 4.76. The molecule has 0 aromatic heterocycles. The Balaban J connectivity index is 2.73. The molecule has 0 N–H and O–H groups in total. The summed E-state index contributed by atoms with van der Waals surface area (Å²) in [5, 5.41) is 0. The fourth-order valence-electron chi connectivity index (χ4n) is 1.74. The average molecular weight is 287 g/mol. The molecule has 3 heteroatoms. The minimum Gasteiger partial charge on any atom is -0.299 e. The van der Waals surface area contributed by atoms with Crippen molar-refractivity contribution in [1.29, 1.82) is 0 Å². The second kappa shape index (κ2) is 6.14. The summed E-state index contributed by atoms with van der Waals surface area (Å²) in [6, 6.07) is 4.73. The Labute approximate surface area is 104 Å². The largest absolute Gasteiger partial charge is 0.299 e. The van der Waals surface area contributed by atoms with Crippen LogP contribution in [-0.2, 0) is 11.2 Å². The van der Waals surface area contributed by atoms with Gasteiger partial charge in [0.1, 0.15) is 11.6 Å². The fourth-order valence-corrected chi connectivity index (χ4v) is 2.17. The van der Waals surface area contributed by atoms with Crippen LogP contribution in [0.5, 0.6) is 0 Å². The Morgan fingerprint density at radius 2 is 2.00 bits per heavy atom. The summed E-state index contributed by atoms with van der Waals surface area (Å²) >= 11 is 3.12. The van der Waals surface area contributed by atoms with Gasteiger partial charge in [-0.1, -0.05) is 19.9 Å². The fraction of sp³-hybridized carbons (Fsp3) is 0.462. The van der Waals surface area contributed by atoms with Crippen LogP contribution in [0.2, 0.25) is 0 Å². The molecule has 1 aromatic carbocycles. The molecule has 0 saturated heterocycles. The summed E-state index contributed by atoms with van der Waals surface area (Å²) in [5.74, 6) is 0.0751. The second-order valence-electron chi connectivity index (χ2n) is 3.90. The lowest BCUT2D eigenvalue weighted by Gasteiger charge is -2.11. The van der Waals surface area contributed by atoms with Crippen molar-refractivity contribution in [3.8, 4) is 0 Å². The molecule has 0 amide bonds. The number of hydrogen-bond donors (Lipinski definition) is 0. The van der Waals surface area contributed by atoms with Gasteiger partial charge in [-0.2, -0.15) is 0 Å². The van der Waals surface area contributed by atoms with E-state index in [0.717, 1.165) is 18.4 Å². The molecule has 16 heavy (non-hydrogen) atoms. The van der Waals surface area contributed by atoms with Crippen molar-refractivity contribution in [2.24, 2.45) is 5.92 Å². The van der Waals surface area contributed by atoms with Crippen LogP contribution in [0.25, 0.3) is 0 Å². The van der Waals surface area contributed by atoms with Crippen LogP contribution >= 0.6 is 15.9 Å². The molecule has 0 radical (unpaired) electrons. The number of Topliss-reactive ketones (excluding diaryl/α,β-unsaturated/α-hetero) is 1. The summed E-state index contributed by atoms with van der Waals surface area (Å²) < 4.78 is 13.4. The van der Waals surface area contributed by atoms with Gasteiger partial charge >= 0.3 is 0 Å². The van der Waals surface area contributed by atoms with Gasteiger partial charge in [0.15, 0.2) is 0 Å². The molecule has 0 heterocycles. The molecule has 0 aliphatic carbocycles. The topological polar surface area (TPSA) is 17.1 Å². The molecule has 1 nitrogen and oxygen atoms in total. The van der Waals surface area contributed by atoms with Gasteiger partial charge in [0, 0.05) is 12.3 Å². The van der Waals surface area contributed by atoms with Gasteiger partial charge in [0.2, 0.25) is 0 Å². The third-order valence-electron chi connectivity index (χ3n) is 2.80. The minimum atomic E-state index is -0.293. The average Bonchev–Trinajstić information content (AvgIpc) is 2.25. The van der Waals surface area contributed by atoms with Gasteiger partial charge in [-0.3, -0.25) is 4.79 Å². The SMILES string of the molecule is CCC(CC)C(=O)Cc1ccc(F)c(Br)c1. The summed E-state index contributed by atoms with van der Waals surface area (Å²) in [7, 11) is 0. The quantitative estimate of drug-likeness (QED) is 0.795. The first-order chi connectivity index (χ1) is 7.58. The van der Waals surface area contributed by atoms with Crippen LogP contribution in [0.1, 0.15) is 32.3 Å². The summed E-state index contributed by atoms with van der Waals surface area (Å²) in [5.41, 5.74) is 0.866. The molecule has 1 aromatic rings. The highest BCUT2D eigenvalue weighted by atomic mass is 79.9. The first-order valence-corrected chi connectivity index (χ1v) is 6.34. The zero-order valence-corrected chi connectivity index (χ0v) is 11.2. The zero-order chi connectivity index (χ0) is 12.1. The predicted molar refractivity (Wildman–Crippen MR) is 66.9 cm³/mol. The molecule has 0 bridgehead atoms. The van der Waals surface area contributed by atoms with Crippen molar-refractivity contribution >= 4 is 21.7 Å². The Morgan fingerprint density at radius 1 is 1.38 bits per heavy atom. The number of hydrogen-bond acceptors (Lipinski definition) is 1. The monoisotopic (exact) mass is 286 g/mol. The third-order valence-corrected chi connectivity index (χ3v) is 3.41. The molecule has 0 aliphatic rings. The van der Waals surface area contributed by atoms with E-state index in [0.29, 0.717) is 10.9 Å². The van der Waals surface area contributed by atoms with Crippen molar-refractivity contribution in [2.75, 3.05) is 0 Å². The lowest BCUT2D eigenvalue weighted by Crippen LogP contribution is -2.15. The van der Waals surface area contributed by atoms with Gasteiger partial charge in [0.25, 0.3) is 0 Å². The molecule has 0 fully saturated rings. The summed E-state index contributed by atoms with van der Waals surface area (Å²) in [6.07, 6.45) is 2.14. The Bertz CT molecular complexity index is 372. The summed E-state index contributed by atoms with van der Waals surface area (Å²) in [6.45, 7) is 4.04. The van der Waals surface area contributed by atoms with Crippen LogP contribution in [0.4, 0.5) is 4.39 Å². The molecule has 0 atom stereocenters. The standard InChI is InChI=1S/C13H16BrFO/c1-3-10(4-2)13(16)8-9-5-6-12(15)11(14)7-9/h5-7,10H,3-4,8H2,1-2H3. The van der Waals surface area contributed by atoms with Crippen LogP contribution < -0.4 is 0 Å². The van der Waals surface area contributed by atoms with E-state index in [1.807, 2.05) is 13.8 Å². The van der Waals surface area contributed by atoms with E-state index in [1.165, 1.54) is 6.07 Å². The van der Waals surface area contributed by atoms with E-state index in [-0.39, 0.29) is 17.5 Å². The molecular weight excluding hydrogens is 271 g/mol. The van der Waals surface area contributed by atoms with Crippen LogP contribution in [0, 0.1) is 11.7 Å². The molecular formula is C13H16BrFO. The van der Waals surface area contributed by atoms with Gasteiger partial charge < -0.3 is 0 Å². The normalized spacial score (nSPS) is 10.8. The van der Waals surface area contributed by atoms with Crippen molar-refractivity contribution < 1.29 is 9.18 Å². The van der Waals surface area contributed by atoms with Crippen LogP contribution in [0.3, 0.4) is 0 Å². The van der Waals surface area contributed by atoms with E-state index in [2.05, 4.69) is 15.9 Å². The van der Waals surface area contributed by atoms with Crippen molar-refractivity contribution in [3.05, 3.63) is 34.1 Å². The highest BCUT2D eigenvalue weighted by Crippen LogP contribution is 2.19. The number of carbonyl (C=O) groups excluding carboxylic acids is 1. The maximum atomic E-state index is 13.0. The maximum absolute atomic E-state index is 13.0. The van der Waals surface area contributed by atoms with E-state index in [1.54, 1.807) is 12.1 Å². The van der Waals surface area contributed by atoms with Crippen LogP contribution in [-0.4, -0.2) is 5.78 Å². The molecule has 88 valence electrons. The first-order valence-electron chi connectivity index (χ1n) is 5.55. The minimum absolute atomic E-state index is 0.129. The van der Waals surface area contributed by atoms with E-state index < -0.39 is 0 Å². The van der Waals surface area contributed by atoms with Gasteiger partial charge in [-0.15, -0.1) is 0 Å². The maximum Gasteiger partial charge on any atom is 0.140 e. The Kier molecular flexibility index (Phi) is 5.13. The van der Waals surface area contributed by atoms with Crippen LogP contribution in [0.15, 0.2) is 22.7 Å². The van der Waals surface area contributed by atoms with Crippen molar-refractivity contribution in [2.45, 2.75) is 33.1 Å². The van der Waals surface area contributed by atoms with Crippen molar-refractivity contribution in [1.82, 2.24) is 0 Å². The summed E-state index contributed by atoms with van der Waals surface area (Å²) in [4.78, 5) is 11.9. The molecule has 0 aliphatic heterocycles. The smallest absolute Gasteiger partial charge is 0.140 e. The predicted octanol–water partition coefficient (Wildman–Crippen LogP) is 4.14. The number of halogens is 2. The Hall–Kier alpha value is -0.700. The highest BCUT2D eigenvalue weighted by molar-refractivity contribution is 9.10. The molecule has 1 rings (SSSR count). The molecule has 0 unspecified atom stereocenters.